The fourth-order valence-corrected chi connectivity index (χ4v) is 4.94. The van der Waals surface area contributed by atoms with E-state index in [1.807, 2.05) is 28.5 Å². The minimum atomic E-state index is -4.50. The van der Waals surface area contributed by atoms with Crippen LogP contribution in [-0.4, -0.2) is 23.3 Å². The summed E-state index contributed by atoms with van der Waals surface area (Å²) in [6.07, 6.45) is -3.76. The number of hydrogen-bond donors (Lipinski definition) is 0. The van der Waals surface area contributed by atoms with Gasteiger partial charge in [0.25, 0.3) is 11.8 Å². The summed E-state index contributed by atoms with van der Waals surface area (Å²) in [5, 5.41) is 1.82. The lowest BCUT2D eigenvalue weighted by Gasteiger charge is -2.31. The first-order chi connectivity index (χ1) is 15.3. The molecule has 0 spiro atoms. The van der Waals surface area contributed by atoms with Crippen molar-refractivity contribution < 1.29 is 22.8 Å². The Morgan fingerprint density at radius 1 is 0.844 bits per heavy atom. The van der Waals surface area contributed by atoms with Crippen LogP contribution in [0.3, 0.4) is 0 Å². The Labute approximate surface area is 186 Å². The molecule has 8 heteroatoms. The number of rotatable bonds is 3. The molecule has 0 N–H and O–H groups in total. The summed E-state index contributed by atoms with van der Waals surface area (Å²) in [6.45, 7) is 1.06. The molecule has 2 aliphatic heterocycles. The molecule has 0 saturated heterocycles. The summed E-state index contributed by atoms with van der Waals surface area (Å²) in [6, 6.07) is 15.6. The van der Waals surface area contributed by atoms with Gasteiger partial charge in [-0.25, -0.2) is 4.90 Å². The number of anilines is 1. The van der Waals surface area contributed by atoms with E-state index in [0.29, 0.717) is 29.2 Å². The Hall–Kier alpha value is -3.39. The number of carbonyl (C=O) groups is 2. The highest BCUT2D eigenvalue weighted by Crippen LogP contribution is 2.39. The van der Waals surface area contributed by atoms with E-state index in [4.69, 9.17) is 0 Å². The number of alkyl halides is 3. The number of halogens is 3. The molecule has 5 rings (SSSR count). The molecule has 2 aliphatic rings. The molecule has 0 saturated carbocycles. The van der Waals surface area contributed by atoms with Crippen molar-refractivity contribution in [3.8, 4) is 0 Å². The van der Waals surface area contributed by atoms with Crippen molar-refractivity contribution >= 4 is 34.4 Å². The van der Waals surface area contributed by atoms with Gasteiger partial charge in [0.15, 0.2) is 0 Å². The molecule has 0 radical (unpaired) electrons. The molecule has 162 valence electrons. The second kappa shape index (κ2) is 7.63. The van der Waals surface area contributed by atoms with Gasteiger partial charge in [0.2, 0.25) is 0 Å². The van der Waals surface area contributed by atoms with E-state index in [9.17, 15) is 22.8 Å². The minimum Gasteiger partial charge on any atom is -0.362 e. The van der Waals surface area contributed by atoms with Gasteiger partial charge in [-0.05, 0) is 53.3 Å². The Morgan fingerprint density at radius 3 is 2.22 bits per heavy atom. The summed E-state index contributed by atoms with van der Waals surface area (Å²) in [5.74, 6) is -1.04. The Morgan fingerprint density at radius 2 is 1.56 bits per heavy atom. The molecule has 0 fully saturated rings. The van der Waals surface area contributed by atoms with Crippen LogP contribution >= 0.6 is 11.3 Å². The zero-order valence-electron chi connectivity index (χ0n) is 16.7. The van der Waals surface area contributed by atoms with Crippen LogP contribution in [0.25, 0.3) is 5.57 Å². The maximum atomic E-state index is 13.5. The van der Waals surface area contributed by atoms with E-state index in [1.165, 1.54) is 29.0 Å². The topological polar surface area (TPSA) is 40.6 Å². The number of amides is 2. The van der Waals surface area contributed by atoms with Crippen molar-refractivity contribution in [1.82, 2.24) is 4.90 Å². The van der Waals surface area contributed by atoms with Gasteiger partial charge in [-0.3, -0.25) is 9.59 Å². The minimum absolute atomic E-state index is 0.120. The molecule has 0 atom stereocenters. The van der Waals surface area contributed by atoms with Crippen molar-refractivity contribution in [3.05, 3.63) is 93.3 Å². The van der Waals surface area contributed by atoms with Crippen molar-refractivity contribution in [2.24, 2.45) is 0 Å². The SMILES string of the molecule is O=C1C(c2cccs2)=C(N2CCc3ccccc3C2)C(=O)N1c1ccc(C(F)(F)F)cc1. The largest absolute Gasteiger partial charge is 0.416 e. The molecule has 3 heterocycles. The van der Waals surface area contributed by atoms with Gasteiger partial charge < -0.3 is 4.90 Å². The van der Waals surface area contributed by atoms with Gasteiger partial charge in [0.05, 0.1) is 16.8 Å². The van der Waals surface area contributed by atoms with E-state index in [1.54, 1.807) is 12.1 Å². The molecule has 0 aliphatic carbocycles. The Kier molecular flexibility index (Phi) is 4.89. The fraction of sp³-hybridized carbons (Fsp3) is 0.167. The van der Waals surface area contributed by atoms with Crippen LogP contribution in [-0.2, 0) is 28.7 Å². The normalized spacial score (nSPS) is 16.7. The number of imide groups is 1. The van der Waals surface area contributed by atoms with Gasteiger partial charge >= 0.3 is 6.18 Å². The number of fused-ring (bicyclic) bond motifs is 1. The van der Waals surface area contributed by atoms with Crippen LogP contribution in [0.5, 0.6) is 0 Å². The third-order valence-electron chi connectivity index (χ3n) is 5.73. The third kappa shape index (κ3) is 3.40. The molecule has 1 aromatic heterocycles. The molecule has 32 heavy (non-hydrogen) atoms. The van der Waals surface area contributed by atoms with Crippen molar-refractivity contribution in [1.29, 1.82) is 0 Å². The number of carbonyl (C=O) groups excluding carboxylic acids is 2. The molecule has 2 amide bonds. The lowest BCUT2D eigenvalue weighted by Crippen LogP contribution is -2.37. The van der Waals surface area contributed by atoms with Crippen LogP contribution < -0.4 is 4.90 Å². The summed E-state index contributed by atoms with van der Waals surface area (Å²) in [5.41, 5.74) is 2.17. The lowest BCUT2D eigenvalue weighted by atomic mass is 9.99. The summed E-state index contributed by atoms with van der Waals surface area (Å²) >= 11 is 1.35. The molecular formula is C24H17F3N2O2S. The summed E-state index contributed by atoms with van der Waals surface area (Å²) < 4.78 is 38.9. The van der Waals surface area contributed by atoms with E-state index < -0.39 is 23.6 Å². The number of benzene rings is 2. The van der Waals surface area contributed by atoms with Crippen molar-refractivity contribution in [2.75, 3.05) is 11.4 Å². The Bertz CT molecular complexity index is 1230. The molecule has 2 aromatic carbocycles. The highest BCUT2D eigenvalue weighted by atomic mass is 32.1. The molecule has 0 unspecified atom stereocenters. The summed E-state index contributed by atoms with van der Waals surface area (Å²) in [4.78, 5) is 30.4. The number of nitrogens with zero attached hydrogens (tertiary/aromatic N) is 2. The monoisotopic (exact) mass is 454 g/mol. The molecule has 3 aromatic rings. The number of thiophene rings is 1. The van der Waals surface area contributed by atoms with Gasteiger partial charge in [-0.15, -0.1) is 11.3 Å². The van der Waals surface area contributed by atoms with Gasteiger partial charge in [-0.2, -0.15) is 13.2 Å². The first-order valence-electron chi connectivity index (χ1n) is 10.0. The second-order valence-corrected chi connectivity index (χ2v) is 8.58. The fourth-order valence-electron chi connectivity index (χ4n) is 4.18. The average Bonchev–Trinajstić information content (AvgIpc) is 3.39. The van der Waals surface area contributed by atoms with Crippen molar-refractivity contribution in [3.63, 3.8) is 0 Å². The van der Waals surface area contributed by atoms with E-state index in [-0.39, 0.29) is 5.69 Å². The molecule has 4 nitrogen and oxygen atoms in total. The summed E-state index contributed by atoms with van der Waals surface area (Å²) in [7, 11) is 0. The van der Waals surface area contributed by atoms with E-state index in [0.717, 1.165) is 29.0 Å². The predicted octanol–water partition coefficient (Wildman–Crippen LogP) is 5.11. The first kappa shape index (κ1) is 20.5. The lowest BCUT2D eigenvalue weighted by molar-refractivity contribution is -0.137. The van der Waals surface area contributed by atoms with Crippen LogP contribution in [0, 0.1) is 0 Å². The number of hydrogen-bond acceptors (Lipinski definition) is 4. The predicted molar refractivity (Wildman–Crippen MR) is 116 cm³/mol. The highest BCUT2D eigenvalue weighted by molar-refractivity contribution is 7.11. The van der Waals surface area contributed by atoms with Crippen LogP contribution in [0.2, 0.25) is 0 Å². The standard InChI is InChI=1S/C24H17F3N2O2S/c25-24(26,27)17-7-9-18(10-8-17)29-22(30)20(19-6-3-13-32-19)21(23(29)31)28-12-11-15-4-1-2-5-16(15)14-28/h1-10,13H,11-12,14H2. The third-order valence-corrected chi connectivity index (χ3v) is 6.61. The average molecular weight is 454 g/mol. The van der Waals surface area contributed by atoms with Crippen LogP contribution in [0.1, 0.15) is 21.6 Å². The maximum absolute atomic E-state index is 13.5. The molecule has 0 bridgehead atoms. The smallest absolute Gasteiger partial charge is 0.362 e. The highest BCUT2D eigenvalue weighted by Gasteiger charge is 2.43. The van der Waals surface area contributed by atoms with E-state index in [2.05, 4.69) is 6.07 Å². The van der Waals surface area contributed by atoms with Crippen LogP contribution in [0.15, 0.2) is 71.7 Å². The van der Waals surface area contributed by atoms with E-state index >= 15 is 0 Å². The zero-order chi connectivity index (χ0) is 22.5. The van der Waals surface area contributed by atoms with Gasteiger partial charge in [0, 0.05) is 18.0 Å². The van der Waals surface area contributed by atoms with Gasteiger partial charge in [0.1, 0.15) is 5.70 Å². The second-order valence-electron chi connectivity index (χ2n) is 7.63. The first-order valence-corrected chi connectivity index (χ1v) is 10.9. The quantitative estimate of drug-likeness (QED) is 0.517. The Balaban J connectivity index is 1.55. The van der Waals surface area contributed by atoms with Crippen LogP contribution in [0.4, 0.5) is 18.9 Å². The molecular weight excluding hydrogens is 437 g/mol. The maximum Gasteiger partial charge on any atom is 0.416 e. The van der Waals surface area contributed by atoms with Crippen molar-refractivity contribution in [2.45, 2.75) is 19.1 Å². The van der Waals surface area contributed by atoms with Gasteiger partial charge in [-0.1, -0.05) is 30.3 Å². The zero-order valence-corrected chi connectivity index (χ0v) is 17.5.